The van der Waals surface area contributed by atoms with Gasteiger partial charge in [-0.3, -0.25) is 18.8 Å². The molecule has 0 unspecified atom stereocenters. The Bertz CT molecular complexity index is 4210. The van der Waals surface area contributed by atoms with Gasteiger partial charge in [-0.2, -0.15) is 0 Å². The van der Waals surface area contributed by atoms with E-state index < -0.39 is 0 Å². The zero-order chi connectivity index (χ0) is 46.3. The van der Waals surface area contributed by atoms with E-state index in [1.54, 1.807) is 24.5 Å². The van der Waals surface area contributed by atoms with Gasteiger partial charge in [-0.25, -0.2) is 9.97 Å². The van der Waals surface area contributed by atoms with Crippen LogP contribution in [-0.4, -0.2) is 33.8 Å². The van der Waals surface area contributed by atoms with Crippen molar-refractivity contribution < 1.29 is 9.84 Å². The number of ether oxygens (including phenoxy) is 1. The maximum absolute atomic E-state index is 9.90. The zero-order valence-corrected chi connectivity index (χ0v) is 38.4. The van der Waals surface area contributed by atoms with Gasteiger partial charge >= 0.3 is 0 Å². The van der Waals surface area contributed by atoms with Gasteiger partial charge in [-0.05, 0) is 132 Å². The molecule has 0 bridgehead atoms. The van der Waals surface area contributed by atoms with E-state index in [9.17, 15) is 5.11 Å². The van der Waals surface area contributed by atoms with E-state index >= 15 is 0 Å². The van der Waals surface area contributed by atoms with Crippen molar-refractivity contribution in [3.63, 3.8) is 0 Å². The molecular weight excluding hydrogens is 917 g/mol. The molecule has 8 nitrogen and oxygen atoms in total. The summed E-state index contributed by atoms with van der Waals surface area (Å²) in [6.45, 7) is 0. The maximum Gasteiger partial charge on any atom is 0.146 e. The Hall–Kier alpha value is -8.92. The van der Waals surface area contributed by atoms with Gasteiger partial charge in [0, 0.05) is 49.5 Å². The van der Waals surface area contributed by atoms with Gasteiger partial charge in [-0.15, -0.1) is 0 Å². The first kappa shape index (κ1) is 41.5. The summed E-state index contributed by atoms with van der Waals surface area (Å²) in [5.74, 6) is 1.81. The van der Waals surface area contributed by atoms with E-state index in [1.807, 2.05) is 127 Å². The number of pyridine rings is 4. The first-order valence-corrected chi connectivity index (χ1v) is 23.3. The number of aromatic hydroxyl groups is 1. The molecule has 69 heavy (non-hydrogen) atoms. The molecule has 0 spiro atoms. The highest BCUT2D eigenvalue weighted by Gasteiger charge is 2.16. The number of nitrogens with zero attached hydrogens (tertiary/aromatic N) is 6. The quantitative estimate of drug-likeness (QED) is 0.177. The largest absolute Gasteiger partial charge is 0.508 e. The van der Waals surface area contributed by atoms with Crippen molar-refractivity contribution in [3.05, 3.63) is 235 Å². The van der Waals surface area contributed by atoms with Crippen LogP contribution < -0.4 is 4.74 Å². The Kier molecular flexibility index (Phi) is 10.7. The lowest BCUT2D eigenvalue weighted by Crippen LogP contribution is -1.92. The van der Waals surface area contributed by atoms with Crippen molar-refractivity contribution in [2.24, 2.45) is 0 Å². The summed E-state index contributed by atoms with van der Waals surface area (Å²) in [7, 11) is 0. The standard InChI is InChI=1S/C30H19N3O.C19H12N2O.C11H8BrN/c1-3-13-28-24(10-1)23-16-15-22(19-25(23)30-32-27-12-2-4-14-29(27)33(28)30)34-21-9-7-8-20(18-21)26-11-5-6-17-31-26;22-12-9-10-13-14-5-1-3-7-17(14)21-18-8-4-2-6-16(18)20-19(21)15(13)11-12;12-10-5-3-4-9(8-10)11-6-1-2-7-13-11/h1-19H;1-11,22H;1-8H. The minimum absolute atomic E-state index is 0.261. The second-order valence-electron chi connectivity index (χ2n) is 16.6. The minimum Gasteiger partial charge on any atom is -0.508 e. The third kappa shape index (κ3) is 7.80. The molecule has 0 fully saturated rings. The van der Waals surface area contributed by atoms with Gasteiger partial charge < -0.3 is 9.84 Å². The number of benzene rings is 8. The monoisotopic (exact) mass is 954 g/mol. The van der Waals surface area contributed by atoms with Crippen molar-refractivity contribution in [3.8, 4) is 39.8 Å². The van der Waals surface area contributed by atoms with Gasteiger partial charge in [0.05, 0.1) is 44.5 Å². The Morgan fingerprint density at radius 1 is 0.377 bits per heavy atom. The third-order valence-corrected chi connectivity index (χ3v) is 12.8. The summed E-state index contributed by atoms with van der Waals surface area (Å²) in [4.78, 5) is 18.5. The average Bonchev–Trinajstić information content (AvgIpc) is 4.00. The number of fused-ring (bicyclic) bond motifs is 16. The summed E-state index contributed by atoms with van der Waals surface area (Å²) >= 11 is 3.43. The normalized spacial score (nSPS) is 11.3. The molecule has 0 aliphatic carbocycles. The molecule has 0 aliphatic rings. The second-order valence-corrected chi connectivity index (χ2v) is 17.5. The fourth-order valence-electron chi connectivity index (χ4n) is 9.22. The van der Waals surface area contributed by atoms with Crippen LogP contribution in [0.2, 0.25) is 0 Å². The lowest BCUT2D eigenvalue weighted by molar-refractivity contribution is 0.476. The number of phenolic OH excluding ortho intramolecular Hbond substituents is 1. The van der Waals surface area contributed by atoms with E-state index in [1.165, 1.54) is 5.39 Å². The highest BCUT2D eigenvalue weighted by molar-refractivity contribution is 9.10. The number of hydrogen-bond donors (Lipinski definition) is 1. The molecule has 0 amide bonds. The van der Waals surface area contributed by atoms with E-state index in [0.29, 0.717) is 0 Å². The lowest BCUT2D eigenvalue weighted by atomic mass is 10.1. The highest BCUT2D eigenvalue weighted by Crippen LogP contribution is 2.37. The van der Waals surface area contributed by atoms with Crippen molar-refractivity contribution in [2.45, 2.75) is 0 Å². The second kappa shape index (κ2) is 17.7. The molecule has 6 heterocycles. The van der Waals surface area contributed by atoms with Crippen LogP contribution in [0.3, 0.4) is 0 Å². The highest BCUT2D eigenvalue weighted by atomic mass is 79.9. The topological polar surface area (TPSA) is 89.8 Å². The van der Waals surface area contributed by atoms with Crippen molar-refractivity contribution >= 4 is 92.6 Å². The Morgan fingerprint density at radius 2 is 0.870 bits per heavy atom. The summed E-state index contributed by atoms with van der Waals surface area (Å²) in [6.07, 6.45) is 3.60. The van der Waals surface area contributed by atoms with E-state index in [4.69, 9.17) is 14.7 Å². The number of hydrogen-bond acceptors (Lipinski definition) is 6. The van der Waals surface area contributed by atoms with Gasteiger partial charge in [0.25, 0.3) is 0 Å². The molecule has 9 heteroatoms. The van der Waals surface area contributed by atoms with Crippen LogP contribution in [0.1, 0.15) is 0 Å². The molecular formula is C60H39BrN6O2. The third-order valence-electron chi connectivity index (χ3n) is 12.3. The van der Waals surface area contributed by atoms with E-state index in [2.05, 4.69) is 114 Å². The van der Waals surface area contributed by atoms with Crippen LogP contribution in [-0.2, 0) is 0 Å². The first-order chi connectivity index (χ1) is 34.0. The number of halogens is 1. The molecule has 0 saturated heterocycles. The molecule has 0 atom stereocenters. The number of rotatable bonds is 4. The summed E-state index contributed by atoms with van der Waals surface area (Å²) in [6, 6.07) is 72.9. The zero-order valence-electron chi connectivity index (χ0n) is 36.9. The molecule has 14 rings (SSSR count). The molecule has 0 saturated carbocycles. The fraction of sp³-hybridized carbons (Fsp3) is 0. The van der Waals surface area contributed by atoms with Gasteiger partial charge in [0.15, 0.2) is 0 Å². The maximum atomic E-state index is 9.90. The van der Waals surface area contributed by atoms with Gasteiger partial charge in [0.2, 0.25) is 0 Å². The van der Waals surface area contributed by atoms with Crippen LogP contribution >= 0.6 is 15.9 Å². The number of para-hydroxylation sites is 6. The molecule has 14 aromatic rings. The van der Waals surface area contributed by atoms with Crippen molar-refractivity contribution in [1.29, 1.82) is 0 Å². The van der Waals surface area contributed by atoms with Crippen molar-refractivity contribution in [2.75, 3.05) is 0 Å². The van der Waals surface area contributed by atoms with E-state index in [0.717, 1.165) is 110 Å². The molecule has 8 aromatic carbocycles. The molecule has 0 radical (unpaired) electrons. The van der Waals surface area contributed by atoms with Crippen LogP contribution in [0.25, 0.3) is 99.2 Å². The summed E-state index contributed by atoms with van der Waals surface area (Å²) in [5.41, 5.74) is 12.3. The van der Waals surface area contributed by atoms with E-state index in [-0.39, 0.29) is 5.75 Å². The van der Waals surface area contributed by atoms with Crippen LogP contribution in [0.5, 0.6) is 17.2 Å². The van der Waals surface area contributed by atoms with Crippen LogP contribution in [0.15, 0.2) is 235 Å². The molecule has 6 aromatic heterocycles. The molecule has 0 aliphatic heterocycles. The Morgan fingerprint density at radius 3 is 1.45 bits per heavy atom. The van der Waals surface area contributed by atoms with Gasteiger partial charge in [0.1, 0.15) is 28.5 Å². The smallest absolute Gasteiger partial charge is 0.146 e. The SMILES string of the molecule is Brc1cccc(-c2ccccn2)c1.Oc1ccc2c3ccccc3n3c4ccccc4nc3c2c1.c1ccc(-c2cccc(Oc3ccc4c5ccccc5n5c6ccccc6nc5c4c3)c2)nc1. The predicted molar refractivity (Wildman–Crippen MR) is 284 cm³/mol. The van der Waals surface area contributed by atoms with Crippen LogP contribution in [0, 0.1) is 0 Å². The lowest BCUT2D eigenvalue weighted by Gasteiger charge is -2.12. The molecule has 1 N–H and O–H groups in total. The molecule has 328 valence electrons. The number of aromatic nitrogens is 6. The van der Waals surface area contributed by atoms with Crippen LogP contribution in [0.4, 0.5) is 0 Å². The van der Waals surface area contributed by atoms with Crippen molar-refractivity contribution in [1.82, 2.24) is 28.7 Å². The average molecular weight is 956 g/mol. The Balaban J connectivity index is 0.000000120. The summed E-state index contributed by atoms with van der Waals surface area (Å²) < 4.78 is 11.8. The first-order valence-electron chi connectivity index (χ1n) is 22.5. The number of phenols is 1. The minimum atomic E-state index is 0.261. The Labute approximate surface area is 404 Å². The number of imidazole rings is 2. The fourth-order valence-corrected chi connectivity index (χ4v) is 9.62. The predicted octanol–water partition coefficient (Wildman–Crippen LogP) is 15.7. The van der Waals surface area contributed by atoms with Gasteiger partial charge in [-0.1, -0.05) is 113 Å². The summed E-state index contributed by atoms with van der Waals surface area (Å²) in [5, 5.41) is 16.5.